The molecule has 0 aliphatic carbocycles. The Morgan fingerprint density at radius 1 is 0.208 bits per heavy atom. The van der Waals surface area contributed by atoms with Crippen LogP contribution in [0.2, 0.25) is 0 Å². The van der Waals surface area contributed by atoms with Crippen molar-refractivity contribution in [3.63, 3.8) is 0 Å². The van der Waals surface area contributed by atoms with Crippen LogP contribution in [0, 0.1) is 13.8 Å². The van der Waals surface area contributed by atoms with E-state index in [0.717, 1.165) is 139 Å². The Morgan fingerprint density at radius 3 is 0.972 bits per heavy atom. The van der Waals surface area contributed by atoms with E-state index in [-0.39, 0.29) is 0 Å². The molecule has 0 saturated carbocycles. The molecule has 6 heteroatoms. The van der Waals surface area contributed by atoms with Crippen LogP contribution >= 0.6 is 0 Å². The lowest BCUT2D eigenvalue weighted by Gasteiger charge is -2.16. The van der Waals surface area contributed by atoms with E-state index in [1.165, 1.54) is 60.4 Å². The van der Waals surface area contributed by atoms with Crippen LogP contribution in [0.15, 0.2) is 373 Å². The molecule has 0 bridgehead atoms. The molecule has 0 spiro atoms. The summed E-state index contributed by atoms with van der Waals surface area (Å²) in [5.41, 5.74) is 34.8. The molecule has 0 atom stereocenters. The Hall–Kier alpha value is -13.9. The molecule has 0 aliphatic heterocycles. The lowest BCUT2D eigenvalue weighted by atomic mass is 9.89. The summed E-state index contributed by atoms with van der Waals surface area (Å²) in [5, 5.41) is 4.91. The van der Waals surface area contributed by atoms with Gasteiger partial charge in [0, 0.05) is 44.0 Å². The number of aryl methyl sites for hydroxylation is 2. The average Bonchev–Trinajstić information content (AvgIpc) is 1.60. The van der Waals surface area contributed by atoms with Gasteiger partial charge >= 0.3 is 0 Å². The largest absolute Gasteiger partial charge is 0.436 e. The van der Waals surface area contributed by atoms with Gasteiger partial charge in [-0.05, 0) is 211 Å². The van der Waals surface area contributed by atoms with Gasteiger partial charge in [0.15, 0.2) is 11.2 Å². The fourth-order valence-electron chi connectivity index (χ4n) is 16.0. The normalized spacial score (nSPS) is 11.7. The molecule has 4 aromatic heterocycles. The van der Waals surface area contributed by atoms with Crippen LogP contribution in [0.25, 0.3) is 200 Å². The van der Waals surface area contributed by atoms with Crippen LogP contribution in [0.4, 0.5) is 0 Å². The number of fused-ring (bicyclic) bond motifs is 8. The third kappa shape index (κ3) is 10.8. The summed E-state index contributed by atoms with van der Waals surface area (Å²) in [5.74, 6) is 1.18. The Labute approximate surface area is 613 Å². The van der Waals surface area contributed by atoms with Crippen molar-refractivity contribution in [3.8, 4) is 134 Å². The van der Waals surface area contributed by atoms with E-state index in [2.05, 4.69) is 381 Å². The first kappa shape index (κ1) is 61.9. The monoisotopic (exact) mass is 1350 g/mol. The first-order valence-electron chi connectivity index (χ1n) is 36.2. The molecule has 20 aromatic rings. The van der Waals surface area contributed by atoms with Crippen LogP contribution in [-0.4, -0.2) is 19.1 Å². The molecule has 498 valence electrons. The molecule has 4 heterocycles. The van der Waals surface area contributed by atoms with Gasteiger partial charge in [-0.2, -0.15) is 0 Å². The van der Waals surface area contributed by atoms with Crippen molar-refractivity contribution in [2.24, 2.45) is 0 Å². The molecule has 6 nitrogen and oxygen atoms in total. The van der Waals surface area contributed by atoms with Gasteiger partial charge in [0.05, 0.1) is 22.1 Å². The second kappa shape index (κ2) is 25.5. The Balaban J connectivity index is 0.574. The zero-order chi connectivity index (χ0) is 70.3. The maximum atomic E-state index is 6.73. The van der Waals surface area contributed by atoms with E-state index >= 15 is 0 Å². The summed E-state index contributed by atoms with van der Waals surface area (Å²) >= 11 is 0. The maximum absolute atomic E-state index is 6.73. The second-order valence-corrected chi connectivity index (χ2v) is 27.7. The van der Waals surface area contributed by atoms with Crippen LogP contribution in [-0.2, 0) is 0 Å². The van der Waals surface area contributed by atoms with E-state index in [4.69, 9.17) is 18.8 Å². The first-order valence-corrected chi connectivity index (χ1v) is 36.2. The summed E-state index contributed by atoms with van der Waals surface area (Å²) in [7, 11) is 0. The molecule has 20 rings (SSSR count). The van der Waals surface area contributed by atoms with E-state index in [0.29, 0.717) is 11.8 Å². The van der Waals surface area contributed by atoms with Crippen molar-refractivity contribution in [1.29, 1.82) is 0 Å². The fourth-order valence-corrected chi connectivity index (χ4v) is 16.0. The van der Waals surface area contributed by atoms with Crippen molar-refractivity contribution in [2.75, 3.05) is 0 Å². The topological polar surface area (TPSA) is 61.9 Å². The van der Waals surface area contributed by atoms with Crippen molar-refractivity contribution in [3.05, 3.63) is 375 Å². The molecule has 0 aliphatic rings. The quantitative estimate of drug-likeness (QED) is 0.115. The van der Waals surface area contributed by atoms with Gasteiger partial charge in [0.2, 0.25) is 11.8 Å². The molecule has 0 radical (unpaired) electrons. The minimum Gasteiger partial charge on any atom is -0.436 e. The van der Waals surface area contributed by atoms with Crippen LogP contribution in [0.3, 0.4) is 0 Å². The summed E-state index contributed by atoms with van der Waals surface area (Å²) in [6.45, 7) is 4.27. The number of aromatic nitrogens is 4. The van der Waals surface area contributed by atoms with Crippen molar-refractivity contribution < 1.29 is 8.83 Å². The van der Waals surface area contributed by atoms with Crippen molar-refractivity contribution in [1.82, 2.24) is 19.1 Å². The van der Waals surface area contributed by atoms with Gasteiger partial charge in [-0.25, -0.2) is 9.97 Å². The molecule has 0 saturated heterocycles. The highest BCUT2D eigenvalue weighted by Gasteiger charge is 2.22. The fraction of sp³-hybridized carbons (Fsp3) is 0.0200. The lowest BCUT2D eigenvalue weighted by molar-refractivity contribution is 0.619. The van der Waals surface area contributed by atoms with E-state index in [9.17, 15) is 0 Å². The lowest BCUT2D eigenvalue weighted by Crippen LogP contribution is -1.95. The van der Waals surface area contributed by atoms with Gasteiger partial charge in [-0.3, -0.25) is 0 Å². The number of rotatable bonds is 13. The van der Waals surface area contributed by atoms with Crippen LogP contribution in [0.1, 0.15) is 11.1 Å². The highest BCUT2D eigenvalue weighted by molar-refractivity contribution is 6.12. The van der Waals surface area contributed by atoms with E-state index in [1.807, 2.05) is 6.07 Å². The van der Waals surface area contributed by atoms with Gasteiger partial charge in [-0.15, -0.1) is 0 Å². The zero-order valence-electron chi connectivity index (χ0n) is 58.2. The SMILES string of the molecule is Cc1ccc(-c2ccc3nc(-c4ccc(-c5ccccc5-c5ccccc5-c5ccc(-n6c7ccccc7c7ccc(-c8ccc(C)cc8-c8ccc9nc(-c%10ccc(-c%11ccccc%11-c%11ccccc%11-c%11ccc(-n%12c%13ccccc%13c%13ccccc%13%12)cc%11)cc%10)oc9c8)cc76)cc5)cc4)oc3c2)cc1. The Morgan fingerprint density at radius 2 is 0.519 bits per heavy atom. The highest BCUT2D eigenvalue weighted by Crippen LogP contribution is 2.45. The summed E-state index contributed by atoms with van der Waals surface area (Å²) in [4.78, 5) is 9.98. The molecular formula is C100H66N4O2. The first-order chi connectivity index (χ1) is 52.3. The predicted octanol–water partition coefficient (Wildman–Crippen LogP) is 27.1. The number of benzene rings is 16. The minimum absolute atomic E-state index is 0.581. The third-order valence-corrected chi connectivity index (χ3v) is 21.3. The molecule has 0 fully saturated rings. The number of nitrogens with zero attached hydrogens (tertiary/aromatic N) is 4. The van der Waals surface area contributed by atoms with Gasteiger partial charge < -0.3 is 18.0 Å². The molecule has 16 aromatic carbocycles. The number of oxazole rings is 2. The number of hydrogen-bond acceptors (Lipinski definition) is 4. The highest BCUT2D eigenvalue weighted by atomic mass is 16.4. The predicted molar refractivity (Wildman–Crippen MR) is 440 cm³/mol. The standard InChI is InChI=1S/C100H66N4O2/c1-63-31-34-65(35-32-63)72-49-57-91-97(61-72)105-99(101-91)70-40-36-66(37-41-70)77-17-4-8-22-83(77)85-24-10-6-20-80(85)69-46-53-76(54-47-69)104-95-30-16-13-27-88(95)89-56-48-73(60-96(89)104)81-55-33-64(2)59-90(81)74-50-58-92-98(62-74)106-100(102-92)71-42-38-67(39-43-71)78-18-3-7-21-82(78)84-23-9-5-19-79(84)68-44-51-75(52-45-68)103-93-28-14-11-25-86(93)87-26-12-15-29-94(87)103/h3-62H,1-2H3. The molecule has 0 amide bonds. The molecule has 0 unspecified atom stereocenters. The zero-order valence-corrected chi connectivity index (χ0v) is 58.2. The number of hydrogen-bond donors (Lipinski definition) is 0. The summed E-state index contributed by atoms with van der Waals surface area (Å²) in [6, 6.07) is 131. The Kier molecular flexibility index (Phi) is 14.9. The third-order valence-electron chi connectivity index (χ3n) is 21.3. The summed E-state index contributed by atoms with van der Waals surface area (Å²) < 4.78 is 17.9. The molecule has 106 heavy (non-hydrogen) atoms. The summed E-state index contributed by atoms with van der Waals surface area (Å²) in [6.07, 6.45) is 0. The maximum Gasteiger partial charge on any atom is 0.227 e. The van der Waals surface area contributed by atoms with Crippen molar-refractivity contribution >= 4 is 65.8 Å². The number of para-hydroxylation sites is 3. The average molecular weight is 1360 g/mol. The van der Waals surface area contributed by atoms with E-state index < -0.39 is 0 Å². The molecule has 0 N–H and O–H groups in total. The second-order valence-electron chi connectivity index (χ2n) is 27.7. The van der Waals surface area contributed by atoms with E-state index in [1.54, 1.807) is 0 Å². The minimum atomic E-state index is 0.581. The smallest absolute Gasteiger partial charge is 0.227 e. The van der Waals surface area contributed by atoms with Gasteiger partial charge in [0.25, 0.3) is 0 Å². The van der Waals surface area contributed by atoms with Crippen molar-refractivity contribution in [2.45, 2.75) is 13.8 Å². The van der Waals surface area contributed by atoms with Gasteiger partial charge in [0.1, 0.15) is 11.0 Å². The van der Waals surface area contributed by atoms with Crippen LogP contribution in [0.5, 0.6) is 0 Å². The van der Waals surface area contributed by atoms with Crippen LogP contribution < -0.4 is 0 Å². The van der Waals surface area contributed by atoms with Gasteiger partial charge in [-0.1, -0.05) is 278 Å². The molecular weight excluding hydrogens is 1290 g/mol. The Bertz CT molecular complexity index is 6750.